The first kappa shape index (κ1) is 10.4. The van der Waals surface area contributed by atoms with Crippen LogP contribution >= 0.6 is 0 Å². The maximum atomic E-state index is 3.34. The van der Waals surface area contributed by atoms with Crippen LogP contribution in [0, 0.1) is 11.3 Å². The second-order valence-electron chi connectivity index (χ2n) is 5.82. The Morgan fingerprint density at radius 2 is 1.86 bits per heavy atom. The van der Waals surface area contributed by atoms with Crippen LogP contribution in [0.3, 0.4) is 0 Å². The predicted molar refractivity (Wildman–Crippen MR) is 60.4 cm³/mol. The Morgan fingerprint density at radius 3 is 2.36 bits per heavy atom. The highest BCUT2D eigenvalue weighted by atomic mass is 15.1. The van der Waals surface area contributed by atoms with E-state index in [4.69, 9.17) is 0 Å². The number of hydrogen-bond acceptors (Lipinski definition) is 2. The minimum Gasteiger partial charge on any atom is -0.316 e. The zero-order chi connectivity index (χ0) is 10.0. The summed E-state index contributed by atoms with van der Waals surface area (Å²) in [5, 5.41) is 3.34. The molecule has 82 valence electrons. The van der Waals surface area contributed by atoms with E-state index >= 15 is 0 Å². The van der Waals surface area contributed by atoms with E-state index in [-0.39, 0.29) is 0 Å². The number of rotatable bonds is 3. The van der Waals surface area contributed by atoms with Gasteiger partial charge in [0.2, 0.25) is 0 Å². The molecule has 0 aromatic rings. The lowest BCUT2D eigenvalue weighted by Gasteiger charge is -2.38. The second kappa shape index (κ2) is 4.19. The summed E-state index contributed by atoms with van der Waals surface area (Å²) in [6, 6.07) is 0. The quantitative estimate of drug-likeness (QED) is 0.739. The fourth-order valence-electron chi connectivity index (χ4n) is 2.30. The lowest BCUT2D eigenvalue weighted by molar-refractivity contribution is 0.122. The SMILES string of the molecule is CC1(C)CCN(CCC2CNC2)CC1. The topological polar surface area (TPSA) is 15.3 Å². The zero-order valence-electron chi connectivity index (χ0n) is 9.68. The summed E-state index contributed by atoms with van der Waals surface area (Å²) in [4.78, 5) is 2.66. The highest BCUT2D eigenvalue weighted by Crippen LogP contribution is 2.29. The Kier molecular flexibility index (Phi) is 3.13. The maximum Gasteiger partial charge on any atom is -0.000778 e. The Balaban J connectivity index is 1.63. The van der Waals surface area contributed by atoms with Crippen molar-refractivity contribution >= 4 is 0 Å². The van der Waals surface area contributed by atoms with Gasteiger partial charge in [0, 0.05) is 0 Å². The summed E-state index contributed by atoms with van der Waals surface area (Å²) in [6.07, 6.45) is 4.18. The van der Waals surface area contributed by atoms with Gasteiger partial charge in [0.25, 0.3) is 0 Å². The van der Waals surface area contributed by atoms with Crippen molar-refractivity contribution in [2.45, 2.75) is 33.1 Å². The number of hydrogen-bond donors (Lipinski definition) is 1. The fraction of sp³-hybridized carbons (Fsp3) is 1.00. The molecule has 2 rings (SSSR count). The Bertz CT molecular complexity index is 175. The average Bonchev–Trinajstić information content (AvgIpc) is 2.05. The predicted octanol–water partition coefficient (Wildman–Crippen LogP) is 1.72. The van der Waals surface area contributed by atoms with Gasteiger partial charge in [-0.1, -0.05) is 13.8 Å². The van der Waals surface area contributed by atoms with Gasteiger partial charge in [-0.05, 0) is 63.3 Å². The zero-order valence-corrected chi connectivity index (χ0v) is 9.68. The molecule has 0 atom stereocenters. The first-order chi connectivity index (χ1) is 6.66. The molecular weight excluding hydrogens is 172 g/mol. The molecule has 0 radical (unpaired) electrons. The molecular formula is C12H24N2. The van der Waals surface area contributed by atoms with Crippen LogP contribution in [0.5, 0.6) is 0 Å². The van der Waals surface area contributed by atoms with Crippen LogP contribution in [-0.4, -0.2) is 37.6 Å². The van der Waals surface area contributed by atoms with E-state index in [1.807, 2.05) is 0 Å². The van der Waals surface area contributed by atoms with Crippen molar-refractivity contribution in [1.82, 2.24) is 10.2 Å². The summed E-state index contributed by atoms with van der Waals surface area (Å²) in [5.41, 5.74) is 0.606. The first-order valence-electron chi connectivity index (χ1n) is 6.09. The minimum atomic E-state index is 0.606. The van der Waals surface area contributed by atoms with Gasteiger partial charge in [-0.25, -0.2) is 0 Å². The van der Waals surface area contributed by atoms with E-state index in [9.17, 15) is 0 Å². The second-order valence-corrected chi connectivity index (χ2v) is 5.82. The standard InChI is InChI=1S/C12H24N2/c1-12(2)4-7-14(8-5-12)6-3-11-9-13-10-11/h11,13H,3-10H2,1-2H3. The van der Waals surface area contributed by atoms with Crippen molar-refractivity contribution in [3.8, 4) is 0 Å². The van der Waals surface area contributed by atoms with Gasteiger partial charge in [-0.15, -0.1) is 0 Å². The third-order valence-corrected chi connectivity index (χ3v) is 3.93. The molecule has 2 saturated heterocycles. The van der Waals surface area contributed by atoms with Crippen LogP contribution in [0.25, 0.3) is 0 Å². The molecule has 0 spiro atoms. The van der Waals surface area contributed by atoms with Crippen LogP contribution < -0.4 is 5.32 Å². The molecule has 2 heterocycles. The average molecular weight is 196 g/mol. The van der Waals surface area contributed by atoms with Gasteiger partial charge >= 0.3 is 0 Å². The van der Waals surface area contributed by atoms with E-state index in [1.165, 1.54) is 52.0 Å². The largest absolute Gasteiger partial charge is 0.316 e. The van der Waals surface area contributed by atoms with Crippen LogP contribution in [0.15, 0.2) is 0 Å². The summed E-state index contributed by atoms with van der Waals surface area (Å²) >= 11 is 0. The van der Waals surface area contributed by atoms with E-state index in [0.29, 0.717) is 5.41 Å². The molecule has 0 aromatic heterocycles. The molecule has 1 N–H and O–H groups in total. The van der Waals surface area contributed by atoms with E-state index in [1.54, 1.807) is 0 Å². The molecule has 2 nitrogen and oxygen atoms in total. The maximum absolute atomic E-state index is 3.34. The molecule has 2 fully saturated rings. The first-order valence-corrected chi connectivity index (χ1v) is 6.09. The van der Waals surface area contributed by atoms with Gasteiger partial charge in [-0.2, -0.15) is 0 Å². The smallest absolute Gasteiger partial charge is 0.000778 e. The van der Waals surface area contributed by atoms with Gasteiger partial charge in [0.1, 0.15) is 0 Å². The van der Waals surface area contributed by atoms with Crippen molar-refractivity contribution in [2.24, 2.45) is 11.3 Å². The molecule has 2 heteroatoms. The monoisotopic (exact) mass is 196 g/mol. The van der Waals surface area contributed by atoms with Crippen LogP contribution in [0.4, 0.5) is 0 Å². The highest BCUT2D eigenvalue weighted by molar-refractivity contribution is 4.80. The summed E-state index contributed by atoms with van der Waals surface area (Å²) in [6.45, 7) is 11.3. The van der Waals surface area contributed by atoms with Crippen LogP contribution in [0.1, 0.15) is 33.1 Å². The number of likely N-dealkylation sites (tertiary alicyclic amines) is 1. The molecule has 0 unspecified atom stereocenters. The highest BCUT2D eigenvalue weighted by Gasteiger charge is 2.26. The summed E-state index contributed by atoms with van der Waals surface area (Å²) < 4.78 is 0. The Labute approximate surface area is 88.1 Å². The van der Waals surface area contributed by atoms with Crippen molar-refractivity contribution in [1.29, 1.82) is 0 Å². The lowest BCUT2D eigenvalue weighted by atomic mass is 9.82. The number of nitrogens with one attached hydrogen (secondary N) is 1. The van der Waals surface area contributed by atoms with E-state index in [0.717, 1.165) is 5.92 Å². The number of nitrogens with zero attached hydrogens (tertiary/aromatic N) is 1. The molecule has 2 aliphatic rings. The van der Waals surface area contributed by atoms with Gasteiger partial charge in [0.15, 0.2) is 0 Å². The molecule has 0 aromatic carbocycles. The molecule has 0 aliphatic carbocycles. The van der Waals surface area contributed by atoms with Crippen LogP contribution in [0.2, 0.25) is 0 Å². The summed E-state index contributed by atoms with van der Waals surface area (Å²) in [7, 11) is 0. The minimum absolute atomic E-state index is 0.606. The molecule has 14 heavy (non-hydrogen) atoms. The van der Waals surface area contributed by atoms with Gasteiger partial charge in [-0.3, -0.25) is 0 Å². The van der Waals surface area contributed by atoms with Crippen molar-refractivity contribution in [3.63, 3.8) is 0 Å². The summed E-state index contributed by atoms with van der Waals surface area (Å²) in [5.74, 6) is 0.977. The third kappa shape index (κ3) is 2.71. The fourth-order valence-corrected chi connectivity index (χ4v) is 2.30. The van der Waals surface area contributed by atoms with Gasteiger partial charge < -0.3 is 10.2 Å². The normalized spacial score (nSPS) is 28.7. The lowest BCUT2D eigenvalue weighted by Crippen LogP contribution is -2.45. The van der Waals surface area contributed by atoms with E-state index in [2.05, 4.69) is 24.1 Å². The number of piperidine rings is 1. The van der Waals surface area contributed by atoms with Crippen molar-refractivity contribution < 1.29 is 0 Å². The molecule has 0 bridgehead atoms. The Morgan fingerprint density at radius 1 is 1.21 bits per heavy atom. The van der Waals surface area contributed by atoms with Crippen molar-refractivity contribution in [2.75, 3.05) is 32.7 Å². The molecule has 0 saturated carbocycles. The van der Waals surface area contributed by atoms with E-state index < -0.39 is 0 Å². The van der Waals surface area contributed by atoms with Gasteiger partial charge in [0.05, 0.1) is 0 Å². The molecule has 0 amide bonds. The Hall–Kier alpha value is -0.0800. The van der Waals surface area contributed by atoms with Crippen LogP contribution in [-0.2, 0) is 0 Å². The molecule has 2 aliphatic heterocycles. The van der Waals surface area contributed by atoms with Crippen molar-refractivity contribution in [3.05, 3.63) is 0 Å². The third-order valence-electron chi connectivity index (χ3n) is 3.93.